The fourth-order valence-electron chi connectivity index (χ4n) is 2.76. The number of furan rings is 1. The first-order valence-electron chi connectivity index (χ1n) is 7.67. The molecule has 118 valence electrons. The molecule has 0 radical (unpaired) electrons. The van der Waals surface area contributed by atoms with Gasteiger partial charge in [0.15, 0.2) is 0 Å². The molecule has 0 amide bonds. The van der Waals surface area contributed by atoms with Crippen molar-refractivity contribution in [1.29, 1.82) is 0 Å². The lowest BCUT2D eigenvalue weighted by molar-refractivity contribution is 0.162. The highest BCUT2D eigenvalue weighted by Gasteiger charge is 2.21. The molecule has 0 aromatic carbocycles. The molecule has 0 spiro atoms. The lowest BCUT2D eigenvalue weighted by atomic mass is 10.1. The molecule has 1 aliphatic rings. The van der Waals surface area contributed by atoms with Crippen LogP contribution in [0, 0.1) is 0 Å². The molecule has 1 unspecified atom stereocenters. The van der Waals surface area contributed by atoms with Crippen LogP contribution in [0.4, 0.5) is 5.95 Å². The predicted octanol–water partition coefficient (Wildman–Crippen LogP) is 1.97. The number of hydrogen-bond donors (Lipinski definition) is 1. The second-order valence-corrected chi connectivity index (χ2v) is 5.52. The second-order valence-electron chi connectivity index (χ2n) is 5.52. The van der Waals surface area contributed by atoms with Crippen LogP contribution in [0.2, 0.25) is 0 Å². The Morgan fingerprint density at radius 3 is 2.95 bits per heavy atom. The Hall–Kier alpha value is -1.92. The summed E-state index contributed by atoms with van der Waals surface area (Å²) in [4.78, 5) is 10.9. The molecule has 22 heavy (non-hydrogen) atoms. The first-order valence-corrected chi connectivity index (χ1v) is 7.67. The molecule has 6 nitrogen and oxygen atoms in total. The maximum atomic E-state index is 5.70. The van der Waals surface area contributed by atoms with Crippen LogP contribution >= 0.6 is 0 Å². The third-order valence-corrected chi connectivity index (χ3v) is 3.83. The first kappa shape index (κ1) is 15.0. The van der Waals surface area contributed by atoms with E-state index in [2.05, 4.69) is 20.2 Å². The van der Waals surface area contributed by atoms with Crippen LogP contribution in [0.5, 0.6) is 0 Å². The van der Waals surface area contributed by atoms with Crippen molar-refractivity contribution in [3.05, 3.63) is 42.1 Å². The summed E-state index contributed by atoms with van der Waals surface area (Å²) in [7, 11) is 1.67. The van der Waals surface area contributed by atoms with Gasteiger partial charge in [0.2, 0.25) is 5.95 Å². The SMILES string of the molecule is COCc1ccc(CNC2CCCN(c3ncccn3)C2)o1. The number of nitrogens with one attached hydrogen (secondary N) is 1. The lowest BCUT2D eigenvalue weighted by Crippen LogP contribution is -2.46. The van der Waals surface area contributed by atoms with E-state index in [1.807, 2.05) is 18.2 Å². The van der Waals surface area contributed by atoms with Gasteiger partial charge in [-0.3, -0.25) is 0 Å². The zero-order valence-electron chi connectivity index (χ0n) is 12.9. The topological polar surface area (TPSA) is 63.4 Å². The number of methoxy groups -OCH3 is 1. The van der Waals surface area contributed by atoms with Crippen molar-refractivity contribution in [3.63, 3.8) is 0 Å². The average Bonchev–Trinajstić information content (AvgIpc) is 3.02. The van der Waals surface area contributed by atoms with Gasteiger partial charge in [0.25, 0.3) is 0 Å². The van der Waals surface area contributed by atoms with E-state index >= 15 is 0 Å². The molecule has 6 heteroatoms. The highest BCUT2D eigenvalue weighted by molar-refractivity contribution is 5.29. The van der Waals surface area contributed by atoms with Crippen molar-refractivity contribution in [3.8, 4) is 0 Å². The van der Waals surface area contributed by atoms with Crippen molar-refractivity contribution >= 4 is 5.95 Å². The van der Waals surface area contributed by atoms with Crippen molar-refractivity contribution < 1.29 is 9.15 Å². The van der Waals surface area contributed by atoms with Crippen LogP contribution in [-0.2, 0) is 17.9 Å². The Bertz CT molecular complexity index is 573. The molecule has 3 rings (SSSR count). The van der Waals surface area contributed by atoms with Gasteiger partial charge in [0.1, 0.15) is 18.1 Å². The monoisotopic (exact) mass is 302 g/mol. The Morgan fingerprint density at radius 1 is 1.32 bits per heavy atom. The second kappa shape index (κ2) is 7.38. The number of piperidine rings is 1. The summed E-state index contributed by atoms with van der Waals surface area (Å²) in [6.07, 6.45) is 5.89. The predicted molar refractivity (Wildman–Crippen MR) is 83.5 cm³/mol. The van der Waals surface area contributed by atoms with Crippen LogP contribution in [0.1, 0.15) is 24.4 Å². The van der Waals surface area contributed by atoms with Crippen LogP contribution < -0.4 is 10.2 Å². The number of anilines is 1. The standard InChI is InChI=1S/C16H22N4O2/c1-21-12-15-6-5-14(22-15)10-19-13-4-2-9-20(11-13)16-17-7-3-8-18-16/h3,5-8,13,19H,2,4,9-12H2,1H3. The van der Waals surface area contributed by atoms with E-state index in [-0.39, 0.29) is 0 Å². The van der Waals surface area contributed by atoms with E-state index in [4.69, 9.17) is 9.15 Å². The highest BCUT2D eigenvalue weighted by atomic mass is 16.5. The largest absolute Gasteiger partial charge is 0.462 e. The lowest BCUT2D eigenvalue weighted by Gasteiger charge is -2.33. The van der Waals surface area contributed by atoms with Crippen LogP contribution in [0.15, 0.2) is 35.0 Å². The third kappa shape index (κ3) is 3.84. The minimum absolute atomic E-state index is 0.425. The smallest absolute Gasteiger partial charge is 0.225 e. The van der Waals surface area contributed by atoms with Gasteiger partial charge in [0, 0.05) is 38.6 Å². The molecule has 1 N–H and O–H groups in total. The molecule has 1 atom stereocenters. The van der Waals surface area contributed by atoms with Gasteiger partial charge in [-0.1, -0.05) is 0 Å². The summed E-state index contributed by atoms with van der Waals surface area (Å²) in [5.74, 6) is 2.62. The molecular weight excluding hydrogens is 280 g/mol. The quantitative estimate of drug-likeness (QED) is 0.880. The van der Waals surface area contributed by atoms with Gasteiger partial charge >= 0.3 is 0 Å². The number of ether oxygens (including phenoxy) is 1. The normalized spacial score (nSPS) is 18.6. The molecule has 0 saturated carbocycles. The number of nitrogens with zero attached hydrogens (tertiary/aromatic N) is 3. The van der Waals surface area contributed by atoms with Gasteiger partial charge in [-0.2, -0.15) is 0 Å². The van der Waals surface area contributed by atoms with Crippen molar-refractivity contribution in [2.75, 3.05) is 25.1 Å². The van der Waals surface area contributed by atoms with E-state index < -0.39 is 0 Å². The Labute approximate surface area is 130 Å². The van der Waals surface area contributed by atoms with Crippen molar-refractivity contribution in [2.45, 2.75) is 32.0 Å². The Balaban J connectivity index is 1.52. The average molecular weight is 302 g/mol. The number of rotatable bonds is 6. The van der Waals surface area contributed by atoms with Gasteiger partial charge in [-0.25, -0.2) is 9.97 Å². The maximum absolute atomic E-state index is 5.70. The summed E-state index contributed by atoms with van der Waals surface area (Å²) in [6, 6.07) is 6.24. The van der Waals surface area contributed by atoms with E-state index in [9.17, 15) is 0 Å². The fraction of sp³-hybridized carbons (Fsp3) is 0.500. The molecule has 2 aromatic rings. The Kier molecular flexibility index (Phi) is 5.03. The fourth-order valence-corrected chi connectivity index (χ4v) is 2.76. The molecule has 0 aliphatic carbocycles. The van der Waals surface area contributed by atoms with Crippen molar-refractivity contribution in [1.82, 2.24) is 15.3 Å². The molecule has 2 aromatic heterocycles. The minimum atomic E-state index is 0.425. The van der Waals surface area contributed by atoms with Crippen LogP contribution in [0.3, 0.4) is 0 Å². The third-order valence-electron chi connectivity index (χ3n) is 3.83. The summed E-state index contributed by atoms with van der Waals surface area (Å²) >= 11 is 0. The first-order chi connectivity index (χ1) is 10.8. The van der Waals surface area contributed by atoms with Gasteiger partial charge in [-0.05, 0) is 31.0 Å². The summed E-state index contributed by atoms with van der Waals surface area (Å²) in [6.45, 7) is 3.19. The molecule has 3 heterocycles. The maximum Gasteiger partial charge on any atom is 0.225 e. The molecule has 1 saturated heterocycles. The van der Waals surface area contributed by atoms with E-state index in [1.165, 1.54) is 0 Å². The molecule has 0 bridgehead atoms. The van der Waals surface area contributed by atoms with Crippen molar-refractivity contribution in [2.24, 2.45) is 0 Å². The van der Waals surface area contributed by atoms with Gasteiger partial charge < -0.3 is 19.4 Å². The zero-order valence-corrected chi connectivity index (χ0v) is 12.9. The molecule has 1 fully saturated rings. The molecular formula is C16H22N4O2. The number of hydrogen-bond acceptors (Lipinski definition) is 6. The van der Waals surface area contributed by atoms with E-state index in [0.29, 0.717) is 12.6 Å². The summed E-state index contributed by atoms with van der Waals surface area (Å²) in [5.41, 5.74) is 0. The van der Waals surface area contributed by atoms with E-state index in [0.717, 1.165) is 49.9 Å². The summed E-state index contributed by atoms with van der Waals surface area (Å²) < 4.78 is 10.8. The zero-order chi connectivity index (χ0) is 15.2. The van der Waals surface area contributed by atoms with Crippen LogP contribution in [0.25, 0.3) is 0 Å². The van der Waals surface area contributed by atoms with E-state index in [1.54, 1.807) is 19.5 Å². The van der Waals surface area contributed by atoms with Gasteiger partial charge in [-0.15, -0.1) is 0 Å². The highest BCUT2D eigenvalue weighted by Crippen LogP contribution is 2.16. The van der Waals surface area contributed by atoms with Crippen LogP contribution in [-0.4, -0.2) is 36.2 Å². The minimum Gasteiger partial charge on any atom is -0.462 e. The number of aromatic nitrogens is 2. The molecule has 1 aliphatic heterocycles. The van der Waals surface area contributed by atoms with Gasteiger partial charge in [0.05, 0.1) is 6.54 Å². The Morgan fingerprint density at radius 2 is 2.14 bits per heavy atom. The summed E-state index contributed by atoms with van der Waals surface area (Å²) in [5, 5.41) is 3.56.